The molecule has 23 heavy (non-hydrogen) atoms. The second kappa shape index (κ2) is 7.05. The lowest BCUT2D eigenvalue weighted by molar-refractivity contribution is -0.131. The van der Waals surface area contributed by atoms with Gasteiger partial charge in [0.05, 0.1) is 18.3 Å². The zero-order chi connectivity index (χ0) is 16.1. The van der Waals surface area contributed by atoms with Crippen molar-refractivity contribution in [3.8, 4) is 0 Å². The summed E-state index contributed by atoms with van der Waals surface area (Å²) in [4.78, 5) is 30.6. The summed E-state index contributed by atoms with van der Waals surface area (Å²) in [7, 11) is 0. The van der Waals surface area contributed by atoms with E-state index in [1.54, 1.807) is 30.5 Å². The minimum absolute atomic E-state index is 0.0110. The number of likely N-dealkylation sites (tertiary alicyclic amines) is 1. The summed E-state index contributed by atoms with van der Waals surface area (Å²) in [6, 6.07) is 14.7. The molecule has 2 aromatic rings. The average molecular weight is 309 g/mol. The van der Waals surface area contributed by atoms with Crippen LogP contribution >= 0.6 is 0 Å². The van der Waals surface area contributed by atoms with Crippen molar-refractivity contribution in [3.05, 3.63) is 66.0 Å². The van der Waals surface area contributed by atoms with Crippen LogP contribution in [0.1, 0.15) is 34.9 Å². The van der Waals surface area contributed by atoms with Crippen LogP contribution in [0.15, 0.2) is 54.7 Å². The predicted molar refractivity (Wildman–Crippen MR) is 86.7 cm³/mol. The van der Waals surface area contributed by atoms with Gasteiger partial charge in [-0.05, 0) is 37.1 Å². The highest BCUT2D eigenvalue weighted by Crippen LogP contribution is 2.30. The maximum absolute atomic E-state index is 12.4. The molecule has 1 aromatic heterocycles. The zero-order valence-corrected chi connectivity index (χ0v) is 12.8. The largest absolute Gasteiger partial charge is 0.343 e. The molecule has 2 heterocycles. The highest BCUT2D eigenvalue weighted by atomic mass is 16.2. The normalized spacial score (nSPS) is 17.0. The van der Waals surface area contributed by atoms with E-state index in [1.807, 2.05) is 29.2 Å². The lowest BCUT2D eigenvalue weighted by atomic mass is 10.1. The van der Waals surface area contributed by atoms with Crippen LogP contribution in [0.25, 0.3) is 0 Å². The summed E-state index contributed by atoms with van der Waals surface area (Å²) in [6.07, 6.45) is 3.61. The van der Waals surface area contributed by atoms with Crippen LogP contribution in [0, 0.1) is 0 Å². The minimum Gasteiger partial charge on any atom is -0.343 e. The second-order valence-electron chi connectivity index (χ2n) is 5.55. The van der Waals surface area contributed by atoms with Crippen LogP contribution in [0.3, 0.4) is 0 Å². The fraction of sp³-hybridized carbons (Fsp3) is 0.278. The first kappa shape index (κ1) is 15.2. The van der Waals surface area contributed by atoms with Crippen LogP contribution in [0.4, 0.5) is 0 Å². The van der Waals surface area contributed by atoms with Crippen molar-refractivity contribution in [1.82, 2.24) is 15.2 Å². The quantitative estimate of drug-likeness (QED) is 0.941. The van der Waals surface area contributed by atoms with E-state index in [1.165, 1.54) is 0 Å². The molecule has 1 saturated heterocycles. The Bertz CT molecular complexity index is 673. The fourth-order valence-electron chi connectivity index (χ4n) is 2.89. The molecular weight excluding hydrogens is 290 g/mol. The van der Waals surface area contributed by atoms with Crippen LogP contribution < -0.4 is 5.32 Å². The Morgan fingerprint density at radius 1 is 1.13 bits per heavy atom. The standard InChI is InChI=1S/C18H19N3O2/c22-17(13-20-18(23)14-7-2-1-3-8-14)21-12-6-10-16(21)15-9-4-5-11-19-15/h1-5,7-9,11,16H,6,10,12-13H2,(H,20,23)/t16-/m1/s1. The number of pyridine rings is 1. The molecule has 0 aliphatic carbocycles. The van der Waals surface area contributed by atoms with Crippen molar-refractivity contribution in [1.29, 1.82) is 0 Å². The number of nitrogens with one attached hydrogen (secondary N) is 1. The molecule has 5 heteroatoms. The van der Waals surface area contributed by atoms with Crippen molar-refractivity contribution in [2.24, 2.45) is 0 Å². The van der Waals surface area contributed by atoms with Gasteiger partial charge in [0.2, 0.25) is 5.91 Å². The maximum Gasteiger partial charge on any atom is 0.251 e. The molecule has 1 fully saturated rings. The van der Waals surface area contributed by atoms with Crippen LogP contribution in [-0.2, 0) is 4.79 Å². The molecule has 0 bridgehead atoms. The molecule has 1 aliphatic heterocycles. The Morgan fingerprint density at radius 2 is 1.91 bits per heavy atom. The van der Waals surface area contributed by atoms with Gasteiger partial charge in [0, 0.05) is 18.3 Å². The van der Waals surface area contributed by atoms with Crippen LogP contribution in [0.2, 0.25) is 0 Å². The minimum atomic E-state index is -0.229. The van der Waals surface area contributed by atoms with Crippen LogP contribution in [0.5, 0.6) is 0 Å². The van der Waals surface area contributed by atoms with Crippen molar-refractivity contribution < 1.29 is 9.59 Å². The highest BCUT2D eigenvalue weighted by Gasteiger charge is 2.30. The molecule has 1 aromatic carbocycles. The Balaban J connectivity index is 1.60. The van der Waals surface area contributed by atoms with Crippen molar-refractivity contribution in [2.45, 2.75) is 18.9 Å². The topological polar surface area (TPSA) is 62.3 Å². The van der Waals surface area contributed by atoms with Gasteiger partial charge in [0.25, 0.3) is 5.91 Å². The number of carbonyl (C=O) groups is 2. The SMILES string of the molecule is O=C(NCC(=O)N1CCC[C@@H]1c1ccccn1)c1ccccc1. The summed E-state index contributed by atoms with van der Waals surface area (Å²) < 4.78 is 0. The molecule has 2 amide bonds. The number of hydrogen-bond donors (Lipinski definition) is 1. The number of benzene rings is 1. The van der Waals surface area contributed by atoms with E-state index in [0.717, 1.165) is 18.5 Å². The number of hydrogen-bond acceptors (Lipinski definition) is 3. The molecule has 5 nitrogen and oxygen atoms in total. The zero-order valence-electron chi connectivity index (χ0n) is 12.8. The van der Waals surface area contributed by atoms with Gasteiger partial charge in [-0.15, -0.1) is 0 Å². The van der Waals surface area contributed by atoms with E-state index >= 15 is 0 Å². The number of nitrogens with zero attached hydrogens (tertiary/aromatic N) is 2. The van der Waals surface area contributed by atoms with E-state index in [4.69, 9.17) is 0 Å². The predicted octanol–water partition coefficient (Wildman–Crippen LogP) is 2.18. The first-order valence-electron chi connectivity index (χ1n) is 7.79. The van der Waals surface area contributed by atoms with E-state index in [2.05, 4.69) is 10.3 Å². The van der Waals surface area contributed by atoms with Gasteiger partial charge < -0.3 is 10.2 Å². The van der Waals surface area contributed by atoms with Crippen molar-refractivity contribution >= 4 is 11.8 Å². The Kier molecular flexibility index (Phi) is 4.66. The van der Waals surface area contributed by atoms with Gasteiger partial charge in [0.1, 0.15) is 0 Å². The van der Waals surface area contributed by atoms with Gasteiger partial charge in [-0.1, -0.05) is 24.3 Å². The van der Waals surface area contributed by atoms with Gasteiger partial charge in [-0.25, -0.2) is 0 Å². The third-order valence-corrected chi connectivity index (χ3v) is 4.04. The molecule has 0 radical (unpaired) electrons. The summed E-state index contributed by atoms with van der Waals surface area (Å²) in [5.74, 6) is -0.296. The molecular formula is C18H19N3O2. The monoisotopic (exact) mass is 309 g/mol. The first-order valence-corrected chi connectivity index (χ1v) is 7.79. The number of aromatic nitrogens is 1. The first-order chi connectivity index (χ1) is 11.3. The number of rotatable bonds is 4. The molecule has 1 N–H and O–H groups in total. The van der Waals surface area contributed by atoms with E-state index in [9.17, 15) is 9.59 Å². The summed E-state index contributed by atoms with van der Waals surface area (Å²) in [5, 5.41) is 2.70. The van der Waals surface area contributed by atoms with Gasteiger partial charge in [-0.2, -0.15) is 0 Å². The van der Waals surface area contributed by atoms with Gasteiger partial charge in [-0.3, -0.25) is 14.6 Å². The summed E-state index contributed by atoms with van der Waals surface area (Å²) >= 11 is 0. The average Bonchev–Trinajstić information content (AvgIpc) is 3.11. The maximum atomic E-state index is 12.4. The molecule has 3 rings (SSSR count). The third kappa shape index (κ3) is 3.56. The number of carbonyl (C=O) groups excluding carboxylic acids is 2. The van der Waals surface area contributed by atoms with Crippen LogP contribution in [-0.4, -0.2) is 34.8 Å². The van der Waals surface area contributed by atoms with Crippen molar-refractivity contribution in [2.75, 3.05) is 13.1 Å². The summed E-state index contributed by atoms with van der Waals surface area (Å²) in [6.45, 7) is 0.721. The van der Waals surface area contributed by atoms with Gasteiger partial charge in [0.15, 0.2) is 0 Å². The lowest BCUT2D eigenvalue weighted by Crippen LogP contribution is -2.40. The Morgan fingerprint density at radius 3 is 2.65 bits per heavy atom. The molecule has 0 saturated carbocycles. The van der Waals surface area contributed by atoms with E-state index in [0.29, 0.717) is 12.1 Å². The molecule has 118 valence electrons. The second-order valence-corrected chi connectivity index (χ2v) is 5.55. The molecule has 1 atom stereocenters. The molecule has 1 aliphatic rings. The lowest BCUT2D eigenvalue weighted by Gasteiger charge is -2.24. The Labute approximate surface area is 135 Å². The summed E-state index contributed by atoms with van der Waals surface area (Å²) in [5.41, 5.74) is 1.47. The highest BCUT2D eigenvalue weighted by molar-refractivity contribution is 5.96. The molecule has 0 unspecified atom stereocenters. The van der Waals surface area contributed by atoms with Gasteiger partial charge >= 0.3 is 0 Å². The smallest absolute Gasteiger partial charge is 0.251 e. The van der Waals surface area contributed by atoms with E-state index < -0.39 is 0 Å². The molecule has 0 spiro atoms. The van der Waals surface area contributed by atoms with E-state index in [-0.39, 0.29) is 24.4 Å². The Hall–Kier alpha value is -2.69. The number of amides is 2. The third-order valence-electron chi connectivity index (χ3n) is 4.04. The van der Waals surface area contributed by atoms with Crippen molar-refractivity contribution in [3.63, 3.8) is 0 Å². The fourth-order valence-corrected chi connectivity index (χ4v) is 2.89.